The van der Waals surface area contributed by atoms with E-state index in [0.717, 1.165) is 18.4 Å². The van der Waals surface area contributed by atoms with Gasteiger partial charge in [-0.2, -0.15) is 0 Å². The van der Waals surface area contributed by atoms with E-state index in [4.69, 9.17) is 9.47 Å². The highest BCUT2D eigenvalue weighted by atomic mass is 19.1. The van der Waals surface area contributed by atoms with Crippen molar-refractivity contribution < 1.29 is 33.4 Å². The lowest BCUT2D eigenvalue weighted by molar-refractivity contribution is -0.156. The topological polar surface area (TPSA) is 105 Å². The van der Waals surface area contributed by atoms with Gasteiger partial charge in [-0.15, -0.1) is 0 Å². The van der Waals surface area contributed by atoms with Crippen LogP contribution in [0.25, 0.3) is 0 Å². The molecule has 0 saturated carbocycles. The minimum atomic E-state index is -1.58. The summed E-state index contributed by atoms with van der Waals surface area (Å²) in [5.41, 5.74) is 0.0667. The van der Waals surface area contributed by atoms with Gasteiger partial charge in [0, 0.05) is 6.54 Å². The number of benzene rings is 1. The van der Waals surface area contributed by atoms with Crippen LogP contribution in [0.15, 0.2) is 30.3 Å². The fourth-order valence-electron chi connectivity index (χ4n) is 3.46. The smallest absolute Gasteiger partial charge is 0.410 e. The van der Waals surface area contributed by atoms with Gasteiger partial charge in [-0.3, -0.25) is 14.5 Å². The van der Waals surface area contributed by atoms with E-state index >= 15 is 0 Å². The Labute approximate surface area is 188 Å². The maximum Gasteiger partial charge on any atom is 0.410 e. The van der Waals surface area contributed by atoms with Gasteiger partial charge in [0.05, 0.1) is 12.5 Å². The minimum Gasteiger partial charge on any atom is -0.460 e. The van der Waals surface area contributed by atoms with Gasteiger partial charge < -0.3 is 19.9 Å². The number of carbonyl (C=O) groups excluding carboxylic acids is 3. The van der Waals surface area contributed by atoms with E-state index in [9.17, 15) is 23.9 Å². The Hall–Kier alpha value is -2.68. The van der Waals surface area contributed by atoms with Gasteiger partial charge in [0.1, 0.15) is 31.0 Å². The number of halogens is 1. The summed E-state index contributed by atoms with van der Waals surface area (Å²) < 4.78 is 23.7. The van der Waals surface area contributed by atoms with Crippen molar-refractivity contribution in [1.29, 1.82) is 0 Å². The van der Waals surface area contributed by atoms with E-state index in [-0.39, 0.29) is 13.0 Å². The molecule has 2 N–H and O–H groups in total. The molecule has 2 amide bonds. The highest BCUT2D eigenvalue weighted by Crippen LogP contribution is 2.20. The van der Waals surface area contributed by atoms with E-state index in [1.54, 1.807) is 20.8 Å². The van der Waals surface area contributed by atoms with Gasteiger partial charge in [0.15, 0.2) is 0 Å². The standard InChI is InChI=1S/C23H33FN2O6/c1-23(2,3)32-20(28)13-17(19(27)14-24)25-21(29)18-11-7-8-12-26(18)22(30)31-15-16-9-5-4-6-10-16/h4-6,9-10,17-19,27H,7-8,11-15H2,1-3H3,(H,25,29)/t17-,18-,19+/m0/s1. The molecule has 2 rings (SSSR count). The normalized spacial score (nSPS) is 18.4. The van der Waals surface area contributed by atoms with Gasteiger partial charge >= 0.3 is 12.1 Å². The van der Waals surface area contributed by atoms with Crippen molar-refractivity contribution in [3.8, 4) is 0 Å². The van der Waals surface area contributed by atoms with Crippen LogP contribution in [0.3, 0.4) is 0 Å². The van der Waals surface area contributed by atoms with E-state index in [0.29, 0.717) is 13.0 Å². The first-order valence-electron chi connectivity index (χ1n) is 10.8. The van der Waals surface area contributed by atoms with E-state index < -0.39 is 48.4 Å². The minimum absolute atomic E-state index is 0.0757. The number of ether oxygens (including phenoxy) is 2. The molecule has 0 aromatic heterocycles. The quantitative estimate of drug-likeness (QED) is 0.588. The summed E-state index contributed by atoms with van der Waals surface area (Å²) >= 11 is 0. The molecule has 8 nitrogen and oxygen atoms in total. The van der Waals surface area contributed by atoms with Crippen LogP contribution in [0.1, 0.15) is 52.0 Å². The maximum atomic E-state index is 13.1. The summed E-state index contributed by atoms with van der Waals surface area (Å²) in [5, 5.41) is 12.5. The van der Waals surface area contributed by atoms with Crippen LogP contribution in [0, 0.1) is 0 Å². The Morgan fingerprint density at radius 3 is 2.53 bits per heavy atom. The number of amides is 2. The van der Waals surface area contributed by atoms with Crippen molar-refractivity contribution in [3.63, 3.8) is 0 Å². The first-order chi connectivity index (χ1) is 15.1. The molecule has 3 atom stereocenters. The molecular weight excluding hydrogens is 419 g/mol. The van der Waals surface area contributed by atoms with Crippen LogP contribution < -0.4 is 5.32 Å². The fraction of sp³-hybridized carbons (Fsp3) is 0.609. The molecule has 0 spiro atoms. The van der Waals surface area contributed by atoms with Crippen molar-refractivity contribution in [2.75, 3.05) is 13.2 Å². The maximum absolute atomic E-state index is 13.1. The predicted molar refractivity (Wildman–Crippen MR) is 115 cm³/mol. The van der Waals surface area contributed by atoms with Gasteiger partial charge in [-0.1, -0.05) is 30.3 Å². The highest BCUT2D eigenvalue weighted by Gasteiger charge is 2.36. The van der Waals surface area contributed by atoms with Crippen LogP contribution >= 0.6 is 0 Å². The summed E-state index contributed by atoms with van der Waals surface area (Å²) in [6.07, 6.45) is -0.741. The molecule has 1 aliphatic heterocycles. The Morgan fingerprint density at radius 2 is 1.91 bits per heavy atom. The number of piperidine rings is 1. The predicted octanol–water partition coefficient (Wildman–Crippen LogP) is 2.72. The average Bonchev–Trinajstić information content (AvgIpc) is 2.75. The summed E-state index contributed by atoms with van der Waals surface area (Å²) in [4.78, 5) is 39.1. The number of alkyl halides is 1. The van der Waals surface area contributed by atoms with Crippen LogP contribution in [0.5, 0.6) is 0 Å². The average molecular weight is 453 g/mol. The zero-order valence-electron chi connectivity index (χ0n) is 18.9. The molecule has 1 fully saturated rings. The van der Waals surface area contributed by atoms with Gasteiger partial charge in [-0.05, 0) is 45.6 Å². The van der Waals surface area contributed by atoms with Crippen LogP contribution in [-0.4, -0.2) is 65.0 Å². The van der Waals surface area contributed by atoms with Crippen LogP contribution in [0.2, 0.25) is 0 Å². The second kappa shape index (κ2) is 11.8. The zero-order valence-corrected chi connectivity index (χ0v) is 18.9. The molecule has 9 heteroatoms. The van der Waals surface area contributed by atoms with Gasteiger partial charge in [-0.25, -0.2) is 9.18 Å². The van der Waals surface area contributed by atoms with Crippen molar-refractivity contribution in [2.24, 2.45) is 0 Å². The number of carbonyl (C=O) groups is 3. The number of rotatable bonds is 8. The summed E-state index contributed by atoms with van der Waals surface area (Å²) in [6, 6.07) is 7.17. The molecule has 1 aromatic carbocycles. The number of hydrogen-bond acceptors (Lipinski definition) is 6. The van der Waals surface area contributed by atoms with E-state index in [2.05, 4.69) is 5.32 Å². The molecule has 1 heterocycles. The van der Waals surface area contributed by atoms with Crippen molar-refractivity contribution in [2.45, 2.75) is 76.9 Å². The summed E-state index contributed by atoms with van der Waals surface area (Å²) in [6.45, 7) is 4.34. The second-order valence-electron chi connectivity index (χ2n) is 8.87. The summed E-state index contributed by atoms with van der Waals surface area (Å²) in [7, 11) is 0. The summed E-state index contributed by atoms with van der Waals surface area (Å²) in [5.74, 6) is -1.24. The number of esters is 1. The van der Waals surface area contributed by atoms with Crippen LogP contribution in [0.4, 0.5) is 9.18 Å². The largest absolute Gasteiger partial charge is 0.460 e. The molecule has 0 radical (unpaired) electrons. The molecule has 32 heavy (non-hydrogen) atoms. The first kappa shape index (κ1) is 25.6. The zero-order chi connectivity index (χ0) is 23.7. The van der Waals surface area contributed by atoms with Crippen molar-refractivity contribution in [3.05, 3.63) is 35.9 Å². The number of likely N-dealkylation sites (tertiary alicyclic amines) is 1. The third-order valence-corrected chi connectivity index (χ3v) is 5.00. The molecular formula is C23H33FN2O6. The molecule has 0 aliphatic carbocycles. The van der Waals surface area contributed by atoms with E-state index in [1.165, 1.54) is 4.90 Å². The lowest BCUT2D eigenvalue weighted by Gasteiger charge is -2.35. The van der Waals surface area contributed by atoms with Crippen molar-refractivity contribution >= 4 is 18.0 Å². The Kier molecular flexibility index (Phi) is 9.43. The van der Waals surface area contributed by atoms with Gasteiger partial charge in [0.25, 0.3) is 0 Å². The number of nitrogens with one attached hydrogen (secondary N) is 1. The lowest BCUT2D eigenvalue weighted by Crippen LogP contribution is -2.56. The molecule has 0 unspecified atom stereocenters. The third-order valence-electron chi connectivity index (χ3n) is 5.00. The van der Waals surface area contributed by atoms with Crippen LogP contribution in [-0.2, 0) is 25.7 Å². The number of aliphatic hydroxyl groups is 1. The number of hydrogen-bond donors (Lipinski definition) is 2. The fourth-order valence-corrected chi connectivity index (χ4v) is 3.46. The number of aliphatic hydroxyl groups excluding tert-OH is 1. The second-order valence-corrected chi connectivity index (χ2v) is 8.87. The van der Waals surface area contributed by atoms with E-state index in [1.807, 2.05) is 30.3 Å². The lowest BCUT2D eigenvalue weighted by atomic mass is 10.0. The monoisotopic (exact) mass is 452 g/mol. The van der Waals surface area contributed by atoms with Gasteiger partial charge in [0.2, 0.25) is 5.91 Å². The molecule has 1 saturated heterocycles. The molecule has 1 aliphatic rings. The van der Waals surface area contributed by atoms with Crippen molar-refractivity contribution in [1.82, 2.24) is 10.2 Å². The molecule has 0 bridgehead atoms. The Balaban J connectivity index is 2.02. The highest BCUT2D eigenvalue weighted by molar-refractivity contribution is 5.86. The Bertz CT molecular complexity index is 768. The first-order valence-corrected chi connectivity index (χ1v) is 10.8. The third kappa shape index (κ3) is 8.11. The molecule has 1 aromatic rings. The number of nitrogens with zero attached hydrogens (tertiary/aromatic N) is 1. The Morgan fingerprint density at radius 1 is 1.22 bits per heavy atom. The molecule has 178 valence electrons. The SMILES string of the molecule is CC(C)(C)OC(=O)C[C@H](NC(=O)[C@@H]1CCCCN1C(=O)OCc1ccccc1)[C@H](O)CF.